The lowest BCUT2D eigenvalue weighted by molar-refractivity contribution is -0.147. The highest BCUT2D eigenvalue weighted by atomic mass is 16.2. The first-order valence-corrected chi connectivity index (χ1v) is 6.72. The Hall–Kier alpha value is -1.96. The molecule has 2 heterocycles. The molecule has 0 aromatic carbocycles. The minimum absolute atomic E-state index is 0.165. The van der Waals surface area contributed by atoms with E-state index >= 15 is 0 Å². The molecule has 2 aliphatic rings. The zero-order valence-corrected chi connectivity index (χ0v) is 11.1. The molecular weight excluding hydrogens is 264 g/mol. The molecule has 3 N–H and O–H groups in total. The van der Waals surface area contributed by atoms with E-state index in [2.05, 4.69) is 16.0 Å². The fourth-order valence-corrected chi connectivity index (χ4v) is 2.24. The molecule has 0 bridgehead atoms. The minimum Gasteiger partial charge on any atom is -0.336 e. The highest BCUT2D eigenvalue weighted by molar-refractivity contribution is 6.35. The number of piperidine rings is 1. The smallest absolute Gasteiger partial charge is 0.311 e. The van der Waals surface area contributed by atoms with Gasteiger partial charge < -0.3 is 15.5 Å². The van der Waals surface area contributed by atoms with Crippen molar-refractivity contribution in [3.8, 4) is 0 Å². The van der Waals surface area contributed by atoms with E-state index in [4.69, 9.17) is 0 Å². The van der Waals surface area contributed by atoms with Gasteiger partial charge in [-0.3, -0.25) is 24.5 Å². The number of amides is 4. The Bertz CT molecular complexity index is 429. The van der Waals surface area contributed by atoms with Gasteiger partial charge in [-0.15, -0.1) is 0 Å². The van der Waals surface area contributed by atoms with E-state index in [9.17, 15) is 19.2 Å². The number of nitrogens with one attached hydrogen (secondary N) is 3. The third-order valence-corrected chi connectivity index (χ3v) is 3.37. The van der Waals surface area contributed by atoms with Crippen LogP contribution in [0.3, 0.4) is 0 Å². The van der Waals surface area contributed by atoms with Gasteiger partial charge in [-0.2, -0.15) is 0 Å². The first kappa shape index (κ1) is 14.4. The lowest BCUT2D eigenvalue weighted by Crippen LogP contribution is -2.55. The third-order valence-electron chi connectivity index (χ3n) is 3.37. The summed E-state index contributed by atoms with van der Waals surface area (Å²) in [5, 5.41) is 7.66. The Kier molecular flexibility index (Phi) is 4.67. The minimum atomic E-state index is -0.811. The van der Waals surface area contributed by atoms with E-state index in [1.807, 2.05) is 0 Å². The van der Waals surface area contributed by atoms with Crippen molar-refractivity contribution in [2.24, 2.45) is 0 Å². The summed E-state index contributed by atoms with van der Waals surface area (Å²) in [6.45, 7) is 2.46. The van der Waals surface area contributed by atoms with Gasteiger partial charge in [0.05, 0.1) is 0 Å². The Labute approximate surface area is 116 Å². The summed E-state index contributed by atoms with van der Waals surface area (Å²) >= 11 is 0. The van der Waals surface area contributed by atoms with E-state index in [0.29, 0.717) is 19.6 Å². The molecule has 8 nitrogen and oxygen atoms in total. The quantitative estimate of drug-likeness (QED) is 0.371. The normalized spacial score (nSPS) is 23.8. The van der Waals surface area contributed by atoms with Crippen molar-refractivity contribution in [1.29, 1.82) is 0 Å². The lowest BCUT2D eigenvalue weighted by Gasteiger charge is -2.24. The van der Waals surface area contributed by atoms with Gasteiger partial charge in [0, 0.05) is 26.1 Å². The molecule has 110 valence electrons. The SMILES string of the molecule is O=C1CCC(NC(=O)C(=O)N2CCCNCC2)C(=O)N1. The van der Waals surface area contributed by atoms with Crippen molar-refractivity contribution in [2.75, 3.05) is 26.2 Å². The summed E-state index contributed by atoms with van der Waals surface area (Å²) in [6, 6.07) is -0.811. The molecule has 8 heteroatoms. The summed E-state index contributed by atoms with van der Waals surface area (Å²) in [7, 11) is 0. The largest absolute Gasteiger partial charge is 0.336 e. The van der Waals surface area contributed by atoms with Gasteiger partial charge in [0.15, 0.2) is 0 Å². The Balaban J connectivity index is 1.88. The van der Waals surface area contributed by atoms with Crippen LogP contribution in [0.25, 0.3) is 0 Å². The number of rotatable bonds is 1. The molecule has 0 aromatic rings. The predicted molar refractivity (Wildman–Crippen MR) is 68.4 cm³/mol. The van der Waals surface area contributed by atoms with Crippen molar-refractivity contribution in [3.05, 3.63) is 0 Å². The summed E-state index contributed by atoms with van der Waals surface area (Å²) in [6.07, 6.45) is 1.18. The van der Waals surface area contributed by atoms with E-state index in [1.165, 1.54) is 4.90 Å². The standard InChI is InChI=1S/C12H18N4O4/c17-9-3-2-8(10(18)15-9)14-11(19)12(20)16-6-1-4-13-5-7-16/h8,13H,1-7H2,(H,14,19)(H,15,17,18). The summed E-state index contributed by atoms with van der Waals surface area (Å²) < 4.78 is 0. The maximum Gasteiger partial charge on any atom is 0.311 e. The average molecular weight is 282 g/mol. The molecule has 1 atom stereocenters. The molecule has 4 amide bonds. The molecule has 1 unspecified atom stereocenters. The van der Waals surface area contributed by atoms with Gasteiger partial charge >= 0.3 is 11.8 Å². The van der Waals surface area contributed by atoms with Crippen LogP contribution in [0.1, 0.15) is 19.3 Å². The average Bonchev–Trinajstić information content (AvgIpc) is 2.70. The van der Waals surface area contributed by atoms with Gasteiger partial charge in [-0.05, 0) is 19.4 Å². The lowest BCUT2D eigenvalue weighted by atomic mass is 10.1. The van der Waals surface area contributed by atoms with Crippen LogP contribution in [-0.4, -0.2) is 60.7 Å². The number of hydrogen-bond acceptors (Lipinski definition) is 5. The molecule has 2 aliphatic heterocycles. The maximum absolute atomic E-state index is 12.0. The third kappa shape index (κ3) is 3.53. The van der Waals surface area contributed by atoms with Gasteiger partial charge in [0.25, 0.3) is 0 Å². The van der Waals surface area contributed by atoms with Crippen LogP contribution in [0, 0.1) is 0 Å². The second kappa shape index (κ2) is 6.47. The molecule has 2 rings (SSSR count). The van der Waals surface area contributed by atoms with Crippen molar-refractivity contribution < 1.29 is 19.2 Å². The Morgan fingerprint density at radius 2 is 2.00 bits per heavy atom. The zero-order chi connectivity index (χ0) is 14.5. The fraction of sp³-hybridized carbons (Fsp3) is 0.667. The first-order chi connectivity index (χ1) is 9.58. The Morgan fingerprint density at radius 3 is 2.75 bits per heavy atom. The summed E-state index contributed by atoms with van der Waals surface area (Å²) in [5.41, 5.74) is 0. The van der Waals surface area contributed by atoms with Crippen LogP contribution in [0.2, 0.25) is 0 Å². The molecule has 0 radical (unpaired) electrons. The number of imide groups is 1. The van der Waals surface area contributed by atoms with Crippen molar-refractivity contribution in [3.63, 3.8) is 0 Å². The van der Waals surface area contributed by atoms with Crippen LogP contribution in [0.4, 0.5) is 0 Å². The van der Waals surface area contributed by atoms with Crippen LogP contribution in [-0.2, 0) is 19.2 Å². The summed E-state index contributed by atoms with van der Waals surface area (Å²) in [4.78, 5) is 47.8. The van der Waals surface area contributed by atoms with Crippen molar-refractivity contribution in [2.45, 2.75) is 25.3 Å². The second-order valence-electron chi connectivity index (χ2n) is 4.87. The van der Waals surface area contributed by atoms with Gasteiger partial charge in [0.2, 0.25) is 11.8 Å². The molecule has 0 aromatic heterocycles. The van der Waals surface area contributed by atoms with E-state index in [0.717, 1.165) is 13.0 Å². The Morgan fingerprint density at radius 1 is 1.20 bits per heavy atom. The topological polar surface area (TPSA) is 108 Å². The zero-order valence-electron chi connectivity index (χ0n) is 11.1. The maximum atomic E-state index is 12.0. The van der Waals surface area contributed by atoms with Crippen LogP contribution >= 0.6 is 0 Å². The number of nitrogens with zero attached hydrogens (tertiary/aromatic N) is 1. The number of hydrogen-bond donors (Lipinski definition) is 3. The van der Waals surface area contributed by atoms with Gasteiger partial charge in [-0.25, -0.2) is 0 Å². The number of carbonyl (C=O) groups is 4. The molecule has 2 saturated heterocycles. The second-order valence-corrected chi connectivity index (χ2v) is 4.87. The van der Waals surface area contributed by atoms with E-state index in [1.54, 1.807) is 0 Å². The monoisotopic (exact) mass is 282 g/mol. The van der Waals surface area contributed by atoms with E-state index < -0.39 is 23.8 Å². The van der Waals surface area contributed by atoms with Gasteiger partial charge in [0.1, 0.15) is 6.04 Å². The predicted octanol–water partition coefficient (Wildman–Crippen LogP) is -2.27. The molecule has 20 heavy (non-hydrogen) atoms. The van der Waals surface area contributed by atoms with Crippen molar-refractivity contribution >= 4 is 23.6 Å². The van der Waals surface area contributed by atoms with Crippen LogP contribution in [0.5, 0.6) is 0 Å². The van der Waals surface area contributed by atoms with Crippen LogP contribution in [0.15, 0.2) is 0 Å². The highest BCUT2D eigenvalue weighted by Gasteiger charge is 2.31. The molecule has 0 aliphatic carbocycles. The van der Waals surface area contributed by atoms with E-state index in [-0.39, 0.29) is 18.7 Å². The molecule has 2 fully saturated rings. The van der Waals surface area contributed by atoms with Crippen LogP contribution < -0.4 is 16.0 Å². The van der Waals surface area contributed by atoms with Crippen molar-refractivity contribution in [1.82, 2.24) is 20.9 Å². The number of carbonyl (C=O) groups excluding carboxylic acids is 4. The fourth-order valence-electron chi connectivity index (χ4n) is 2.24. The molecule has 0 spiro atoms. The summed E-state index contributed by atoms with van der Waals surface area (Å²) in [5.74, 6) is -2.33. The highest BCUT2D eigenvalue weighted by Crippen LogP contribution is 2.05. The molecular formula is C12H18N4O4. The van der Waals surface area contributed by atoms with Gasteiger partial charge in [-0.1, -0.05) is 0 Å². The first-order valence-electron chi connectivity index (χ1n) is 6.72. The molecule has 0 saturated carbocycles.